The summed E-state index contributed by atoms with van der Waals surface area (Å²) in [6, 6.07) is 110. The van der Waals surface area contributed by atoms with Gasteiger partial charge in [0.1, 0.15) is 23.0 Å². The molecule has 0 atom stereocenters. The van der Waals surface area contributed by atoms with Crippen LogP contribution >= 0.6 is 0 Å². The second kappa shape index (κ2) is 19.2. The molecule has 14 aromatic rings. The normalized spacial score (nSPS) is 13.0. The summed E-state index contributed by atoms with van der Waals surface area (Å²) in [6.07, 6.45) is 0. The van der Waals surface area contributed by atoms with E-state index in [0.29, 0.717) is 0 Å². The molecule has 4 aliphatic heterocycles. The standard InChI is InChI=1S/C78H50B2N4O2/c1-7-23-51(24-8-1)81(52-25-9-2-10-26-52)57-41-45-63-69(49-57)83(55-31-15-5-16-32-55)67-37-21-39-71-75(67)79(63)65-47-43-61-62-44-48-66-78(74(62)60-36-20-19-35-59(60)73(61)77(65)85-71)86-72-40-22-38-68-76(72)80(66)64-46-42-58(50-70(64)84(68)56-33-17-6-18-34-56)82(53-27-11-3-12-28-53)54-29-13-4-14-30-54/h1-50H. The summed E-state index contributed by atoms with van der Waals surface area (Å²) < 4.78 is 15.0. The zero-order valence-corrected chi connectivity index (χ0v) is 46.6. The number of hydrogen-bond donors (Lipinski definition) is 0. The Hall–Kier alpha value is -11.2. The molecule has 86 heavy (non-hydrogen) atoms. The van der Waals surface area contributed by atoms with Crippen molar-refractivity contribution in [1.29, 1.82) is 0 Å². The van der Waals surface area contributed by atoms with Crippen LogP contribution in [0.25, 0.3) is 32.3 Å². The van der Waals surface area contributed by atoms with Crippen LogP contribution in [0.5, 0.6) is 23.0 Å². The molecule has 0 amide bonds. The van der Waals surface area contributed by atoms with Gasteiger partial charge in [-0.1, -0.05) is 182 Å². The first-order chi connectivity index (χ1) is 42.7. The molecular weight excluding hydrogens is 1050 g/mol. The van der Waals surface area contributed by atoms with Gasteiger partial charge >= 0.3 is 0 Å². The predicted octanol–water partition coefficient (Wildman–Crippen LogP) is 16.9. The van der Waals surface area contributed by atoms with Gasteiger partial charge in [0.15, 0.2) is 0 Å². The highest BCUT2D eigenvalue weighted by Gasteiger charge is 2.45. The van der Waals surface area contributed by atoms with Gasteiger partial charge in [0.25, 0.3) is 13.4 Å². The molecule has 6 nitrogen and oxygen atoms in total. The highest BCUT2D eigenvalue weighted by Crippen LogP contribution is 2.50. The van der Waals surface area contributed by atoms with Crippen LogP contribution < -0.4 is 61.9 Å². The number of rotatable bonds is 8. The lowest BCUT2D eigenvalue weighted by molar-refractivity contribution is 0.492. The topological polar surface area (TPSA) is 31.4 Å². The van der Waals surface area contributed by atoms with Crippen LogP contribution in [0.2, 0.25) is 0 Å². The Morgan fingerprint density at radius 1 is 0.256 bits per heavy atom. The number of para-hydroxylation sites is 6. The highest BCUT2D eigenvalue weighted by atomic mass is 16.5. The van der Waals surface area contributed by atoms with Crippen molar-refractivity contribution < 1.29 is 9.47 Å². The monoisotopic (exact) mass is 1100 g/mol. The van der Waals surface area contributed by atoms with Gasteiger partial charge in [-0.15, -0.1) is 0 Å². The third-order valence-electron chi connectivity index (χ3n) is 18.1. The molecule has 0 aliphatic carbocycles. The summed E-state index contributed by atoms with van der Waals surface area (Å²) in [5, 5.41) is 6.66. The van der Waals surface area contributed by atoms with Gasteiger partial charge in [0, 0.05) is 79.0 Å². The first-order valence-corrected chi connectivity index (χ1v) is 29.6. The zero-order valence-electron chi connectivity index (χ0n) is 46.6. The molecule has 0 N–H and O–H groups in total. The van der Waals surface area contributed by atoms with Gasteiger partial charge in [-0.2, -0.15) is 0 Å². The predicted molar refractivity (Wildman–Crippen MR) is 360 cm³/mol. The summed E-state index contributed by atoms with van der Waals surface area (Å²) in [5.41, 5.74) is 20.2. The van der Waals surface area contributed by atoms with Crippen LogP contribution in [0, 0.1) is 0 Å². The van der Waals surface area contributed by atoms with Crippen molar-refractivity contribution in [3.63, 3.8) is 0 Å². The van der Waals surface area contributed by atoms with Gasteiger partial charge < -0.3 is 29.1 Å². The molecule has 4 heterocycles. The summed E-state index contributed by atoms with van der Waals surface area (Å²) in [4.78, 5) is 9.56. The van der Waals surface area contributed by atoms with Crippen LogP contribution in [0.3, 0.4) is 0 Å². The number of hydrogen-bond acceptors (Lipinski definition) is 6. The van der Waals surface area contributed by atoms with E-state index in [-0.39, 0.29) is 13.4 Å². The molecule has 0 saturated carbocycles. The molecule has 0 spiro atoms. The van der Waals surface area contributed by atoms with E-state index in [4.69, 9.17) is 9.47 Å². The van der Waals surface area contributed by atoms with Gasteiger partial charge in [-0.25, -0.2) is 0 Å². The maximum Gasteiger partial charge on any atom is 0.256 e. The largest absolute Gasteiger partial charge is 0.458 e. The van der Waals surface area contributed by atoms with Crippen LogP contribution in [0.15, 0.2) is 303 Å². The second-order valence-corrected chi connectivity index (χ2v) is 22.6. The number of anilines is 12. The van der Waals surface area contributed by atoms with Crippen LogP contribution in [-0.2, 0) is 0 Å². The smallest absolute Gasteiger partial charge is 0.256 e. The molecule has 400 valence electrons. The lowest BCUT2D eigenvalue weighted by Gasteiger charge is -2.41. The Bertz CT molecular complexity index is 4620. The Morgan fingerprint density at radius 3 is 0.953 bits per heavy atom. The molecule has 0 unspecified atom stereocenters. The number of fused-ring (bicyclic) bond motifs is 16. The molecule has 0 aromatic heterocycles. The lowest BCUT2D eigenvalue weighted by Crippen LogP contribution is -2.59. The number of benzene rings is 14. The van der Waals surface area contributed by atoms with E-state index in [1.54, 1.807) is 0 Å². The summed E-state index contributed by atoms with van der Waals surface area (Å²) in [6.45, 7) is -0.246. The van der Waals surface area contributed by atoms with Crippen molar-refractivity contribution in [3.05, 3.63) is 303 Å². The van der Waals surface area contributed by atoms with Crippen LogP contribution in [0.4, 0.5) is 68.2 Å². The lowest BCUT2D eigenvalue weighted by atomic mass is 9.34. The third-order valence-corrected chi connectivity index (χ3v) is 18.1. The van der Waals surface area contributed by atoms with E-state index in [2.05, 4.69) is 323 Å². The van der Waals surface area contributed by atoms with Crippen LogP contribution in [-0.4, -0.2) is 13.4 Å². The van der Waals surface area contributed by atoms with Crippen molar-refractivity contribution in [3.8, 4) is 23.0 Å². The molecule has 0 saturated heterocycles. The number of ether oxygens (including phenoxy) is 2. The third kappa shape index (κ3) is 7.23. The average molecular weight is 1100 g/mol. The molecule has 4 aliphatic rings. The maximum absolute atomic E-state index is 7.48. The molecule has 0 fully saturated rings. The van der Waals surface area contributed by atoms with Gasteiger partial charge in [0.2, 0.25) is 0 Å². The van der Waals surface area contributed by atoms with E-state index in [1.165, 1.54) is 10.9 Å². The van der Waals surface area contributed by atoms with Crippen molar-refractivity contribution >= 4 is 147 Å². The first-order valence-electron chi connectivity index (χ1n) is 29.6. The fourth-order valence-corrected chi connectivity index (χ4v) is 14.6. The molecule has 0 bridgehead atoms. The van der Waals surface area contributed by atoms with Crippen LogP contribution in [0.1, 0.15) is 0 Å². The first kappa shape index (κ1) is 48.3. The maximum atomic E-state index is 7.48. The fraction of sp³-hybridized carbons (Fsp3) is 0. The minimum absolute atomic E-state index is 0.123. The summed E-state index contributed by atoms with van der Waals surface area (Å²) >= 11 is 0. The minimum atomic E-state index is -0.123. The Labute approximate surface area is 499 Å². The van der Waals surface area contributed by atoms with E-state index in [1.807, 2.05) is 0 Å². The zero-order chi connectivity index (χ0) is 56.4. The van der Waals surface area contributed by atoms with Gasteiger partial charge in [-0.05, 0) is 176 Å². The molecule has 8 heteroatoms. The summed E-state index contributed by atoms with van der Waals surface area (Å²) in [5.74, 6) is 3.51. The molecule has 18 rings (SSSR count). The molecule has 0 radical (unpaired) electrons. The summed E-state index contributed by atoms with van der Waals surface area (Å²) in [7, 11) is 0. The fourth-order valence-electron chi connectivity index (χ4n) is 14.6. The molecule has 14 aromatic carbocycles. The Morgan fingerprint density at radius 2 is 0.581 bits per heavy atom. The Balaban J connectivity index is 0.836. The van der Waals surface area contributed by atoms with E-state index >= 15 is 0 Å². The van der Waals surface area contributed by atoms with E-state index < -0.39 is 0 Å². The van der Waals surface area contributed by atoms with E-state index in [9.17, 15) is 0 Å². The van der Waals surface area contributed by atoms with Crippen molar-refractivity contribution in [2.45, 2.75) is 0 Å². The minimum Gasteiger partial charge on any atom is -0.458 e. The van der Waals surface area contributed by atoms with Crippen molar-refractivity contribution in [1.82, 2.24) is 0 Å². The average Bonchev–Trinajstić information content (AvgIpc) is 0.890. The van der Waals surface area contributed by atoms with Gasteiger partial charge in [0.05, 0.1) is 0 Å². The molecular formula is C78H50B2N4O2. The van der Waals surface area contributed by atoms with Crippen molar-refractivity contribution in [2.75, 3.05) is 19.6 Å². The quantitative estimate of drug-likeness (QED) is 0.111. The van der Waals surface area contributed by atoms with E-state index in [0.717, 1.165) is 145 Å². The van der Waals surface area contributed by atoms with Gasteiger partial charge in [-0.3, -0.25) is 0 Å². The highest BCUT2D eigenvalue weighted by molar-refractivity contribution is 7.00. The van der Waals surface area contributed by atoms with Crippen molar-refractivity contribution in [2.24, 2.45) is 0 Å². The Kier molecular flexibility index (Phi) is 10.8. The second-order valence-electron chi connectivity index (χ2n) is 22.6. The SMILES string of the molecule is c1ccc(N(c2ccccc2)c2ccc3c(c2)N(c2ccccc2)c2cccc4c2B3c2ccc3c5ccc6c(c5c5ccccc5c3c2O4)Oc2cccc3c2B6c2ccc(N(c4ccccc4)c4ccccc4)cc2N3c2ccccc2)cc1. The number of nitrogens with zero attached hydrogens (tertiary/aromatic N) is 4.